The molecule has 4 amide bonds. The molecule has 2 aromatic rings. The number of hydrogen-bond acceptors (Lipinski definition) is 8. The third-order valence-corrected chi connectivity index (χ3v) is 6.06. The predicted molar refractivity (Wildman–Crippen MR) is 112 cm³/mol. The molecule has 4 heterocycles. The second-order valence-electron chi connectivity index (χ2n) is 8.15. The fourth-order valence-electron chi connectivity index (χ4n) is 4.58. The number of carbonyl (C=O) groups excluding carboxylic acids is 4. The van der Waals surface area contributed by atoms with E-state index in [1.165, 1.54) is 0 Å². The van der Waals surface area contributed by atoms with Crippen molar-refractivity contribution in [1.29, 1.82) is 0 Å². The van der Waals surface area contributed by atoms with Gasteiger partial charge in [0.15, 0.2) is 5.82 Å². The number of nitrogens with two attached hydrogens (primary N) is 1. The maximum Gasteiger partial charge on any atom is 0.262 e. The first-order valence-electron chi connectivity index (χ1n) is 10.7. The Morgan fingerprint density at radius 1 is 1.12 bits per heavy atom. The Morgan fingerprint density at radius 3 is 2.75 bits per heavy atom. The Labute approximate surface area is 183 Å². The molecule has 0 spiro atoms. The van der Waals surface area contributed by atoms with Gasteiger partial charge in [-0.2, -0.15) is 10.1 Å². The highest BCUT2D eigenvalue weighted by atomic mass is 16.2. The van der Waals surface area contributed by atoms with Gasteiger partial charge in [0.25, 0.3) is 11.8 Å². The normalized spacial score (nSPS) is 20.5. The van der Waals surface area contributed by atoms with E-state index in [0.29, 0.717) is 36.5 Å². The number of nitrogens with zero attached hydrogens (tertiary/aromatic N) is 5. The van der Waals surface area contributed by atoms with Gasteiger partial charge in [0, 0.05) is 32.5 Å². The van der Waals surface area contributed by atoms with E-state index in [0.717, 1.165) is 30.4 Å². The summed E-state index contributed by atoms with van der Waals surface area (Å²) in [5, 5.41) is 6.72. The van der Waals surface area contributed by atoms with Gasteiger partial charge in [0.1, 0.15) is 6.04 Å². The summed E-state index contributed by atoms with van der Waals surface area (Å²) in [5.74, 6) is -0.620. The number of imide groups is 2. The molecule has 1 saturated heterocycles. The van der Waals surface area contributed by atoms with Crippen LogP contribution in [0.1, 0.15) is 51.4 Å². The Morgan fingerprint density at radius 2 is 1.97 bits per heavy atom. The van der Waals surface area contributed by atoms with Gasteiger partial charge < -0.3 is 10.6 Å². The average molecular weight is 437 g/mol. The van der Waals surface area contributed by atoms with E-state index >= 15 is 0 Å². The number of fused-ring (bicyclic) bond motifs is 2. The first-order chi connectivity index (χ1) is 15.5. The minimum Gasteiger partial charge on any atom is -0.337 e. The molecule has 11 heteroatoms. The maximum atomic E-state index is 13.3. The molecule has 0 bridgehead atoms. The van der Waals surface area contributed by atoms with E-state index in [1.54, 1.807) is 12.1 Å². The van der Waals surface area contributed by atoms with Crippen LogP contribution in [-0.4, -0.2) is 62.4 Å². The molecule has 0 saturated carbocycles. The number of amides is 4. The van der Waals surface area contributed by atoms with Crippen LogP contribution in [0.25, 0.3) is 0 Å². The minimum atomic E-state index is -0.982. The third-order valence-electron chi connectivity index (χ3n) is 6.06. The van der Waals surface area contributed by atoms with Crippen molar-refractivity contribution in [3.05, 3.63) is 40.7 Å². The molecule has 1 aromatic carbocycles. The van der Waals surface area contributed by atoms with Crippen LogP contribution in [0.15, 0.2) is 18.2 Å². The van der Waals surface area contributed by atoms with Gasteiger partial charge in [-0.25, -0.2) is 4.68 Å². The molecule has 3 aliphatic heterocycles. The lowest BCUT2D eigenvalue weighted by Crippen LogP contribution is -2.54. The lowest BCUT2D eigenvalue weighted by atomic mass is 10.0. The van der Waals surface area contributed by atoms with E-state index in [4.69, 9.17) is 5.73 Å². The first-order valence-corrected chi connectivity index (χ1v) is 10.7. The first kappa shape index (κ1) is 20.3. The summed E-state index contributed by atoms with van der Waals surface area (Å²) in [6, 6.07) is 4.17. The molecule has 3 aliphatic rings. The fourth-order valence-corrected chi connectivity index (χ4v) is 4.58. The molecule has 1 unspecified atom stereocenters. The van der Waals surface area contributed by atoms with Crippen LogP contribution in [0.2, 0.25) is 0 Å². The van der Waals surface area contributed by atoms with Crippen molar-refractivity contribution in [1.82, 2.24) is 25.0 Å². The lowest BCUT2D eigenvalue weighted by Gasteiger charge is -2.29. The molecule has 5 rings (SSSR count). The lowest BCUT2D eigenvalue weighted by molar-refractivity contribution is -0.136. The molecule has 0 radical (unpaired) electrons. The van der Waals surface area contributed by atoms with Crippen LogP contribution in [-0.2, 0) is 29.1 Å². The smallest absolute Gasteiger partial charge is 0.262 e. The zero-order valence-electron chi connectivity index (χ0n) is 17.4. The van der Waals surface area contributed by atoms with E-state index in [-0.39, 0.29) is 18.4 Å². The number of hydrogen-bond donors (Lipinski definition) is 2. The van der Waals surface area contributed by atoms with Crippen molar-refractivity contribution in [2.75, 3.05) is 18.0 Å². The molecular weight excluding hydrogens is 414 g/mol. The van der Waals surface area contributed by atoms with Crippen molar-refractivity contribution in [3.63, 3.8) is 0 Å². The molecule has 11 nitrogen and oxygen atoms in total. The van der Waals surface area contributed by atoms with Crippen LogP contribution in [0.3, 0.4) is 0 Å². The predicted octanol–water partition coefficient (Wildman–Crippen LogP) is -0.409. The Bertz CT molecular complexity index is 1140. The maximum absolute atomic E-state index is 13.3. The number of nitrogens with one attached hydrogen (secondary N) is 1. The summed E-state index contributed by atoms with van der Waals surface area (Å²) >= 11 is 0. The quantitative estimate of drug-likeness (QED) is 0.601. The van der Waals surface area contributed by atoms with Crippen molar-refractivity contribution in [2.24, 2.45) is 5.73 Å². The second-order valence-corrected chi connectivity index (χ2v) is 8.15. The number of benzene rings is 1. The Balaban J connectivity index is 1.45. The van der Waals surface area contributed by atoms with E-state index in [9.17, 15) is 19.2 Å². The van der Waals surface area contributed by atoms with Crippen LogP contribution >= 0.6 is 0 Å². The fraction of sp³-hybridized carbons (Fsp3) is 0.429. The van der Waals surface area contributed by atoms with Gasteiger partial charge in [-0.05, 0) is 31.0 Å². The molecule has 0 aliphatic carbocycles. The van der Waals surface area contributed by atoms with Crippen molar-refractivity contribution in [3.8, 4) is 0 Å². The van der Waals surface area contributed by atoms with Gasteiger partial charge in [-0.3, -0.25) is 29.4 Å². The number of piperidine rings is 1. The van der Waals surface area contributed by atoms with E-state index in [2.05, 4.69) is 15.4 Å². The number of aromatic nitrogens is 3. The van der Waals surface area contributed by atoms with Crippen LogP contribution in [0.5, 0.6) is 0 Å². The monoisotopic (exact) mass is 437 g/mol. The van der Waals surface area contributed by atoms with Crippen molar-refractivity contribution >= 4 is 29.6 Å². The third kappa shape index (κ3) is 3.25. The highest BCUT2D eigenvalue weighted by Gasteiger charge is 2.45. The largest absolute Gasteiger partial charge is 0.337 e. The summed E-state index contributed by atoms with van der Waals surface area (Å²) in [6.07, 6.45) is 1.68. The molecule has 166 valence electrons. The summed E-state index contributed by atoms with van der Waals surface area (Å²) in [5.41, 5.74) is 6.91. The number of rotatable bonds is 5. The minimum absolute atomic E-state index is 0.0885. The number of carbonyl (C=O) groups is 4. The zero-order chi connectivity index (χ0) is 22.4. The van der Waals surface area contributed by atoms with Gasteiger partial charge >= 0.3 is 0 Å². The molecule has 1 atom stereocenters. The van der Waals surface area contributed by atoms with Crippen LogP contribution in [0, 0.1) is 0 Å². The highest BCUT2D eigenvalue weighted by Crippen LogP contribution is 2.31. The van der Waals surface area contributed by atoms with E-state index < -0.39 is 29.7 Å². The molecule has 3 N–H and O–H groups in total. The molecule has 32 heavy (non-hydrogen) atoms. The Kier molecular flexibility index (Phi) is 4.97. The van der Waals surface area contributed by atoms with Crippen LogP contribution in [0.4, 0.5) is 5.95 Å². The SMILES string of the molecule is NCCc1nc2n(n1)CCCN2Cc1cccc2c1C(=O)N(C1CCC(=O)NC1=O)C2=O. The van der Waals surface area contributed by atoms with Gasteiger partial charge in [0.2, 0.25) is 17.8 Å². The molecular formula is C21H23N7O4. The average Bonchev–Trinajstić information content (AvgIpc) is 3.29. The van der Waals surface area contributed by atoms with Crippen LogP contribution < -0.4 is 16.0 Å². The topological polar surface area (TPSA) is 144 Å². The summed E-state index contributed by atoms with van der Waals surface area (Å²) in [4.78, 5) is 57.8. The number of anilines is 1. The van der Waals surface area contributed by atoms with Gasteiger partial charge in [-0.1, -0.05) is 12.1 Å². The molecule has 1 aromatic heterocycles. The van der Waals surface area contributed by atoms with Gasteiger partial charge in [-0.15, -0.1) is 0 Å². The summed E-state index contributed by atoms with van der Waals surface area (Å²) < 4.78 is 1.85. The van der Waals surface area contributed by atoms with E-state index in [1.807, 2.05) is 15.6 Å². The van der Waals surface area contributed by atoms with Crippen molar-refractivity contribution in [2.45, 2.75) is 44.8 Å². The number of aryl methyl sites for hydroxylation is 1. The Hall–Kier alpha value is -3.60. The second kappa shape index (κ2) is 7.83. The molecule has 1 fully saturated rings. The summed E-state index contributed by atoms with van der Waals surface area (Å²) in [7, 11) is 0. The zero-order valence-corrected chi connectivity index (χ0v) is 17.4. The van der Waals surface area contributed by atoms with Crippen molar-refractivity contribution < 1.29 is 19.2 Å². The van der Waals surface area contributed by atoms with Gasteiger partial charge in [0.05, 0.1) is 11.1 Å². The highest BCUT2D eigenvalue weighted by molar-refractivity contribution is 6.24. The summed E-state index contributed by atoms with van der Waals surface area (Å²) in [6.45, 7) is 2.34. The standard InChI is InChI=1S/C21H23N7O4/c22-8-7-15-23-21-26(9-2-10-27(21)25-15)11-12-3-1-4-13-17(12)20(32)28(19(13)31)14-5-6-16(29)24-18(14)30/h1,3-4,14H,2,5-11,22H2,(H,24,29,30).